The molecule has 1 aromatic rings. The predicted octanol–water partition coefficient (Wildman–Crippen LogP) is 6.51. The molecule has 4 fully saturated rings. The van der Waals surface area contributed by atoms with Crippen LogP contribution in [-0.4, -0.2) is 66.8 Å². The Morgan fingerprint density at radius 1 is 0.935 bits per heavy atom. The van der Waals surface area contributed by atoms with Crippen LogP contribution < -0.4 is 11.5 Å². The number of rotatable bonds is 4. The Morgan fingerprint density at radius 2 is 1.69 bits per heavy atom. The van der Waals surface area contributed by atoms with Crippen LogP contribution >= 0.6 is 0 Å². The van der Waals surface area contributed by atoms with Gasteiger partial charge in [0.15, 0.2) is 11.7 Å². The molecule has 10 rings (SSSR count). The zero-order chi connectivity index (χ0) is 43.9. The van der Waals surface area contributed by atoms with Gasteiger partial charge >= 0.3 is 5.97 Å². The number of allylic oxidation sites excluding steroid dienone is 2. The summed E-state index contributed by atoms with van der Waals surface area (Å²) in [6.45, 7) is 5.64. The minimum absolute atomic E-state index is 0.0182. The number of carbonyl (C=O) groups is 3. The number of guanidine groups is 1. The first-order valence-electron chi connectivity index (χ1n) is 23.0. The number of aliphatic imine (C=N–C) groups is 1. The van der Waals surface area contributed by atoms with Crippen molar-refractivity contribution in [2.24, 2.45) is 67.2 Å². The third-order valence-electron chi connectivity index (χ3n) is 19.0. The van der Waals surface area contributed by atoms with Gasteiger partial charge in [0.25, 0.3) is 0 Å². The summed E-state index contributed by atoms with van der Waals surface area (Å²) in [6, 6.07) is 9.97. The summed E-state index contributed by atoms with van der Waals surface area (Å²) >= 11 is 0. The van der Waals surface area contributed by atoms with E-state index in [1.54, 1.807) is 6.08 Å². The standard InChI is InChI=1S/C52H61N3O7/c1-31(43(59)60)34-17-24-48(55-44(53)54)26-25-47(32(2)38(48)40(34)58)30-50(61)27-28-51(62)35(16-15-33-13-7-4-8-14-33)41-45(3)19-9-5-12-22-52(50)42(51)39-36(56)29-49(47,52)21-11-6-10-20-46(39,41)23-18-37(45)57/h4,7-8,13-16,25-28,32,35,38,40-41,58,61-62H,6,10-12,17-24,29-30H2,1-3H3,(H,59,60)(H4,53,54,55)/b16-15+,34-31+/t32-,35-,38+,40-,41-,45-,46-,47-,48+,49-,50+,51-,52+/m1/s1. The number of benzene rings is 1. The minimum atomic E-state index is -1.74. The number of Topliss-reactive ketones (excluding diaryl/α,β-unsaturated/α-hetero) is 2. The molecule has 1 aromatic carbocycles. The first-order chi connectivity index (χ1) is 29.4. The Bertz CT molecular complexity index is 2430. The van der Waals surface area contributed by atoms with Gasteiger partial charge in [-0.15, -0.1) is 11.8 Å². The second-order valence-corrected chi connectivity index (χ2v) is 21.1. The van der Waals surface area contributed by atoms with E-state index in [-0.39, 0.29) is 42.4 Å². The number of aliphatic hydroxyl groups excluding tert-OH is 1. The molecule has 0 radical (unpaired) electrons. The molecule has 0 aromatic heterocycles. The van der Waals surface area contributed by atoms with Crippen molar-refractivity contribution in [1.82, 2.24) is 0 Å². The fourth-order valence-corrected chi connectivity index (χ4v) is 16.8. The van der Waals surface area contributed by atoms with Gasteiger partial charge in [0.1, 0.15) is 11.4 Å². The summed E-state index contributed by atoms with van der Waals surface area (Å²) < 4.78 is 0. The van der Waals surface area contributed by atoms with E-state index in [0.29, 0.717) is 68.1 Å². The van der Waals surface area contributed by atoms with Crippen LogP contribution in [0.25, 0.3) is 6.08 Å². The van der Waals surface area contributed by atoms with E-state index >= 15 is 4.79 Å². The lowest BCUT2D eigenvalue weighted by Gasteiger charge is -2.71. The summed E-state index contributed by atoms with van der Waals surface area (Å²) in [6.07, 6.45) is 17.4. The highest BCUT2D eigenvalue weighted by Gasteiger charge is 2.85. The van der Waals surface area contributed by atoms with Crippen LogP contribution in [0, 0.1) is 62.6 Å². The number of carbonyl (C=O) groups excluding carboxylic acids is 2. The first-order valence-corrected chi connectivity index (χ1v) is 23.0. The average Bonchev–Trinajstić information content (AvgIpc) is 3.40. The van der Waals surface area contributed by atoms with Crippen molar-refractivity contribution in [3.63, 3.8) is 0 Å². The number of aliphatic hydroxyl groups is 3. The number of aliphatic carboxylic acids is 1. The fraction of sp³-hybridized carbons (Fsp3) is 0.577. The maximum absolute atomic E-state index is 16.1. The second-order valence-electron chi connectivity index (χ2n) is 21.1. The summed E-state index contributed by atoms with van der Waals surface area (Å²) in [7, 11) is 0. The van der Waals surface area contributed by atoms with Gasteiger partial charge in [-0.05, 0) is 91.9 Å². The number of nitrogens with zero attached hydrogens (tertiary/aromatic N) is 1. The molecular weight excluding hydrogens is 779 g/mol. The van der Waals surface area contributed by atoms with E-state index in [0.717, 1.165) is 24.8 Å². The Balaban J connectivity index is 1.31. The van der Waals surface area contributed by atoms with Crippen molar-refractivity contribution in [3.05, 3.63) is 88.6 Å². The lowest BCUT2D eigenvalue weighted by molar-refractivity contribution is -0.178. The average molecular weight is 840 g/mol. The molecule has 0 aliphatic heterocycles. The quantitative estimate of drug-likeness (QED) is 0.0644. The number of hydrogen-bond donors (Lipinski definition) is 6. The number of ketones is 2. The van der Waals surface area contributed by atoms with E-state index in [4.69, 9.17) is 16.5 Å². The highest BCUT2D eigenvalue weighted by Crippen LogP contribution is 2.85. The van der Waals surface area contributed by atoms with Crippen LogP contribution in [0.2, 0.25) is 0 Å². The minimum Gasteiger partial charge on any atom is -0.478 e. The lowest BCUT2D eigenvalue weighted by atomic mass is 9.32. The van der Waals surface area contributed by atoms with Crippen molar-refractivity contribution < 1.29 is 34.8 Å². The molecule has 62 heavy (non-hydrogen) atoms. The van der Waals surface area contributed by atoms with Crippen molar-refractivity contribution >= 4 is 29.6 Å². The molecule has 326 valence electrons. The zero-order valence-electron chi connectivity index (χ0n) is 36.3. The predicted molar refractivity (Wildman–Crippen MR) is 235 cm³/mol. The molecule has 13 atom stereocenters. The summed E-state index contributed by atoms with van der Waals surface area (Å²) in [5, 5.41) is 51.1. The molecule has 10 nitrogen and oxygen atoms in total. The Morgan fingerprint density at radius 3 is 2.44 bits per heavy atom. The molecule has 0 amide bonds. The van der Waals surface area contributed by atoms with Crippen LogP contribution in [-0.2, 0) is 14.4 Å². The number of hydrogen-bond acceptors (Lipinski definition) is 7. The van der Waals surface area contributed by atoms with Crippen molar-refractivity contribution in [2.75, 3.05) is 0 Å². The van der Waals surface area contributed by atoms with Gasteiger partial charge in [-0.1, -0.05) is 93.8 Å². The van der Waals surface area contributed by atoms with Crippen LogP contribution in [0.15, 0.2) is 88.0 Å². The summed E-state index contributed by atoms with van der Waals surface area (Å²) in [5.74, 6) is 3.57. The number of carboxylic acid groups (broad SMARTS) is 1. The molecule has 4 saturated carbocycles. The molecular formula is C52H61N3O7. The van der Waals surface area contributed by atoms with Gasteiger partial charge in [-0.25, -0.2) is 9.79 Å². The number of nitrogens with two attached hydrogens (primary N) is 2. The smallest absolute Gasteiger partial charge is 0.331 e. The molecule has 0 saturated heterocycles. The summed E-state index contributed by atoms with van der Waals surface area (Å²) in [4.78, 5) is 48.1. The summed E-state index contributed by atoms with van der Waals surface area (Å²) in [5.41, 5.74) is 5.93. The Labute approximate surface area is 364 Å². The Hall–Kier alpha value is -4.56. The largest absolute Gasteiger partial charge is 0.478 e. The molecule has 0 unspecified atom stereocenters. The monoisotopic (exact) mass is 839 g/mol. The van der Waals surface area contributed by atoms with E-state index in [2.05, 4.69) is 37.0 Å². The van der Waals surface area contributed by atoms with Gasteiger partial charge in [0.05, 0.1) is 17.2 Å². The van der Waals surface area contributed by atoms with E-state index in [1.807, 2.05) is 49.4 Å². The third-order valence-corrected chi connectivity index (χ3v) is 19.0. The van der Waals surface area contributed by atoms with E-state index in [1.165, 1.54) is 6.92 Å². The van der Waals surface area contributed by atoms with E-state index in [9.17, 15) is 30.0 Å². The van der Waals surface area contributed by atoms with Gasteiger partial charge in [0, 0.05) is 70.3 Å². The van der Waals surface area contributed by atoms with E-state index < -0.39 is 79.6 Å². The molecule has 9 aliphatic carbocycles. The Kier molecular flexibility index (Phi) is 9.01. The molecule has 0 heterocycles. The third kappa shape index (κ3) is 4.88. The number of carboxylic acids is 1. The van der Waals surface area contributed by atoms with Crippen molar-refractivity contribution in [3.8, 4) is 11.8 Å². The lowest BCUT2D eigenvalue weighted by Crippen LogP contribution is -2.72. The van der Waals surface area contributed by atoms with Gasteiger partial charge in [-0.3, -0.25) is 9.59 Å². The van der Waals surface area contributed by atoms with Gasteiger partial charge in [0.2, 0.25) is 0 Å². The first kappa shape index (κ1) is 41.5. The zero-order valence-corrected chi connectivity index (χ0v) is 36.3. The molecule has 6 bridgehead atoms. The topological polar surface area (TPSA) is 197 Å². The van der Waals surface area contributed by atoms with Crippen LogP contribution in [0.4, 0.5) is 0 Å². The highest BCUT2D eigenvalue weighted by molar-refractivity contribution is 6.02. The second kappa shape index (κ2) is 13.5. The maximum Gasteiger partial charge on any atom is 0.331 e. The molecule has 10 heteroatoms. The van der Waals surface area contributed by atoms with Crippen LogP contribution in [0.3, 0.4) is 0 Å². The fourth-order valence-electron chi connectivity index (χ4n) is 16.8. The van der Waals surface area contributed by atoms with Gasteiger partial charge in [-0.2, -0.15) is 0 Å². The van der Waals surface area contributed by atoms with Gasteiger partial charge < -0.3 is 31.9 Å². The molecule has 4 spiro atoms. The van der Waals surface area contributed by atoms with Crippen LogP contribution in [0.1, 0.15) is 116 Å². The maximum atomic E-state index is 16.1. The molecule has 8 N–H and O–H groups in total. The van der Waals surface area contributed by atoms with Crippen molar-refractivity contribution in [1.29, 1.82) is 0 Å². The normalized spacial score (nSPS) is 46.9. The molecule has 9 aliphatic rings. The van der Waals surface area contributed by atoms with Crippen LogP contribution in [0.5, 0.6) is 0 Å². The SMILES string of the molecule is C/C(C(=O)O)=C1/CC[C@]2(N=C(N)N)C=C[C@@]3(C[C@@]4(O)C=C[C@]5(O)C6=C7C(=O)C[C@]38CCCCC[C@@]73CCC(=O)[C@@](C)(CC#CCC[C@]684)[C@H]3[C@H]5/C=C/c3ccccc3)[C@H](C)[C@H]2[C@@H]1O. The number of fused-ring (bicyclic) bond motifs is 2. The highest BCUT2D eigenvalue weighted by atomic mass is 16.4. The van der Waals surface area contributed by atoms with Crippen molar-refractivity contribution in [2.45, 2.75) is 134 Å².